The number of aromatic nitrogens is 3. The number of rotatable bonds is 4. The predicted molar refractivity (Wildman–Crippen MR) is 91.2 cm³/mol. The number of halogens is 1. The summed E-state index contributed by atoms with van der Waals surface area (Å²) in [7, 11) is 1.85. The lowest BCUT2D eigenvalue weighted by Crippen LogP contribution is -2.51. The summed E-state index contributed by atoms with van der Waals surface area (Å²) in [5.41, 5.74) is 0.691. The van der Waals surface area contributed by atoms with Gasteiger partial charge in [-0.15, -0.1) is 10.2 Å². The second kappa shape index (κ2) is 7.60. The molecule has 1 aliphatic rings. The average Bonchev–Trinajstić information content (AvgIpc) is 3.03. The number of carbonyl (C=O) groups excluding carboxylic acids is 1. The topological polar surface area (TPSA) is 66.3 Å². The zero-order valence-electron chi connectivity index (χ0n) is 14.5. The van der Waals surface area contributed by atoms with Crippen molar-refractivity contribution >= 4 is 6.03 Å². The summed E-state index contributed by atoms with van der Waals surface area (Å²) in [6.45, 7) is 5.13. The highest BCUT2D eigenvalue weighted by molar-refractivity contribution is 5.74. The van der Waals surface area contributed by atoms with E-state index in [1.807, 2.05) is 20.0 Å². The summed E-state index contributed by atoms with van der Waals surface area (Å²) < 4.78 is 15.5. The molecule has 25 heavy (non-hydrogen) atoms. The molecule has 2 amide bonds. The third-order valence-electron chi connectivity index (χ3n) is 4.48. The molecule has 0 radical (unpaired) electrons. The number of amides is 2. The molecule has 1 aliphatic heterocycles. The summed E-state index contributed by atoms with van der Waals surface area (Å²) >= 11 is 0. The Labute approximate surface area is 146 Å². The van der Waals surface area contributed by atoms with Crippen LogP contribution in [-0.4, -0.2) is 56.8 Å². The largest absolute Gasteiger partial charge is 0.328 e. The first-order valence-electron chi connectivity index (χ1n) is 8.39. The van der Waals surface area contributed by atoms with Gasteiger partial charge in [0.25, 0.3) is 0 Å². The number of aryl methyl sites for hydroxylation is 1. The number of benzene rings is 1. The number of nitrogens with zero attached hydrogens (tertiary/aromatic N) is 5. The lowest BCUT2D eigenvalue weighted by molar-refractivity contribution is 0.132. The van der Waals surface area contributed by atoms with Gasteiger partial charge in [-0.3, -0.25) is 4.90 Å². The first-order chi connectivity index (χ1) is 12.0. The van der Waals surface area contributed by atoms with Crippen LogP contribution in [0.15, 0.2) is 30.6 Å². The minimum absolute atomic E-state index is 0.110. The van der Waals surface area contributed by atoms with Crippen LogP contribution in [0.2, 0.25) is 0 Å². The minimum Gasteiger partial charge on any atom is -0.328 e. The molecule has 1 atom stereocenters. The molecule has 1 aromatic carbocycles. The van der Waals surface area contributed by atoms with E-state index < -0.39 is 0 Å². The van der Waals surface area contributed by atoms with E-state index in [1.54, 1.807) is 27.9 Å². The van der Waals surface area contributed by atoms with Gasteiger partial charge in [-0.2, -0.15) is 0 Å². The SMILES string of the molecule is CC(NC(=O)N1CCN(Cc2ccccc2F)CC1)c1nncn1C. The van der Waals surface area contributed by atoms with Crippen LogP contribution in [0.1, 0.15) is 24.4 Å². The van der Waals surface area contributed by atoms with Crippen molar-refractivity contribution in [3.63, 3.8) is 0 Å². The highest BCUT2D eigenvalue weighted by Crippen LogP contribution is 2.13. The van der Waals surface area contributed by atoms with Gasteiger partial charge in [-0.25, -0.2) is 9.18 Å². The fraction of sp³-hybridized carbons (Fsp3) is 0.471. The number of carbonyl (C=O) groups is 1. The summed E-state index contributed by atoms with van der Waals surface area (Å²) in [5.74, 6) is 0.534. The van der Waals surface area contributed by atoms with Gasteiger partial charge < -0.3 is 14.8 Å². The van der Waals surface area contributed by atoms with Gasteiger partial charge >= 0.3 is 6.03 Å². The van der Waals surface area contributed by atoms with Gasteiger partial charge in [0.2, 0.25) is 0 Å². The monoisotopic (exact) mass is 346 g/mol. The Bertz CT molecular complexity index is 725. The van der Waals surface area contributed by atoms with Crippen LogP contribution in [0.25, 0.3) is 0 Å². The van der Waals surface area contributed by atoms with Crippen molar-refractivity contribution in [1.82, 2.24) is 29.9 Å². The second-order valence-electron chi connectivity index (χ2n) is 6.33. The fourth-order valence-corrected chi connectivity index (χ4v) is 3.00. The Balaban J connectivity index is 1.49. The van der Waals surface area contributed by atoms with E-state index in [0.29, 0.717) is 31.0 Å². The first-order valence-corrected chi connectivity index (χ1v) is 8.39. The summed E-state index contributed by atoms with van der Waals surface area (Å²) in [6.07, 6.45) is 1.61. The van der Waals surface area contributed by atoms with Crippen LogP contribution >= 0.6 is 0 Å². The maximum absolute atomic E-state index is 13.7. The number of piperazine rings is 1. The molecule has 1 unspecified atom stereocenters. The van der Waals surface area contributed by atoms with Crippen LogP contribution in [0.4, 0.5) is 9.18 Å². The standard InChI is InChI=1S/C17H23FN6O/c1-13(16-21-19-12-22(16)2)20-17(25)24-9-7-23(8-10-24)11-14-5-3-4-6-15(14)18/h3-6,12-13H,7-11H2,1-2H3,(H,20,25). The Hall–Kier alpha value is -2.48. The first kappa shape index (κ1) is 17.3. The molecule has 134 valence electrons. The zero-order valence-corrected chi connectivity index (χ0v) is 14.5. The Morgan fingerprint density at radius 2 is 2.00 bits per heavy atom. The van der Waals surface area contributed by atoms with E-state index >= 15 is 0 Å². The lowest BCUT2D eigenvalue weighted by atomic mass is 10.2. The molecule has 7 nitrogen and oxygen atoms in total. The fourth-order valence-electron chi connectivity index (χ4n) is 3.00. The van der Waals surface area contributed by atoms with Crippen LogP contribution in [0.3, 0.4) is 0 Å². The van der Waals surface area contributed by atoms with Gasteiger partial charge in [-0.05, 0) is 13.0 Å². The van der Waals surface area contributed by atoms with Gasteiger partial charge in [0.15, 0.2) is 5.82 Å². The maximum atomic E-state index is 13.7. The van der Waals surface area contributed by atoms with E-state index in [4.69, 9.17) is 0 Å². The molecular formula is C17H23FN6O. The van der Waals surface area contributed by atoms with Gasteiger partial charge in [0, 0.05) is 45.3 Å². The minimum atomic E-state index is -0.212. The van der Waals surface area contributed by atoms with Gasteiger partial charge in [0.05, 0.1) is 6.04 Å². The molecule has 3 rings (SSSR count). The van der Waals surface area contributed by atoms with Crippen LogP contribution in [-0.2, 0) is 13.6 Å². The number of hydrogen-bond donors (Lipinski definition) is 1. The quantitative estimate of drug-likeness (QED) is 0.912. The molecule has 0 aliphatic carbocycles. The van der Waals surface area contributed by atoms with Crippen molar-refractivity contribution in [2.24, 2.45) is 7.05 Å². The van der Waals surface area contributed by atoms with E-state index in [-0.39, 0.29) is 17.9 Å². The Morgan fingerprint density at radius 1 is 1.28 bits per heavy atom. The molecule has 1 saturated heterocycles. The molecule has 2 aromatic rings. The van der Waals surface area contributed by atoms with E-state index in [1.165, 1.54) is 6.07 Å². The molecular weight excluding hydrogens is 323 g/mol. The van der Waals surface area contributed by atoms with Crippen LogP contribution in [0, 0.1) is 5.82 Å². The molecule has 8 heteroatoms. The molecule has 2 heterocycles. The zero-order chi connectivity index (χ0) is 17.8. The Morgan fingerprint density at radius 3 is 2.64 bits per heavy atom. The molecule has 0 bridgehead atoms. The van der Waals surface area contributed by atoms with Crippen LogP contribution in [0.5, 0.6) is 0 Å². The summed E-state index contributed by atoms with van der Waals surface area (Å²) in [6, 6.07) is 6.50. The maximum Gasteiger partial charge on any atom is 0.318 e. The van der Waals surface area contributed by atoms with E-state index in [2.05, 4.69) is 20.4 Å². The summed E-state index contributed by atoms with van der Waals surface area (Å²) in [4.78, 5) is 16.4. The van der Waals surface area contributed by atoms with Crippen molar-refractivity contribution in [2.45, 2.75) is 19.5 Å². The molecule has 1 fully saturated rings. The Kier molecular flexibility index (Phi) is 5.28. The van der Waals surface area contributed by atoms with Crippen LogP contribution < -0.4 is 5.32 Å². The molecule has 1 N–H and O–H groups in total. The highest BCUT2D eigenvalue weighted by Gasteiger charge is 2.23. The van der Waals surface area contributed by atoms with E-state index in [0.717, 1.165) is 13.1 Å². The molecule has 1 aromatic heterocycles. The van der Waals surface area contributed by atoms with Gasteiger partial charge in [0.1, 0.15) is 12.1 Å². The lowest BCUT2D eigenvalue weighted by Gasteiger charge is -2.35. The van der Waals surface area contributed by atoms with Crippen molar-refractivity contribution in [2.75, 3.05) is 26.2 Å². The van der Waals surface area contributed by atoms with Crippen molar-refractivity contribution < 1.29 is 9.18 Å². The number of hydrogen-bond acceptors (Lipinski definition) is 4. The van der Waals surface area contributed by atoms with Gasteiger partial charge in [-0.1, -0.05) is 18.2 Å². The second-order valence-corrected chi connectivity index (χ2v) is 6.33. The molecule has 0 spiro atoms. The van der Waals surface area contributed by atoms with E-state index in [9.17, 15) is 9.18 Å². The number of nitrogens with one attached hydrogen (secondary N) is 1. The highest BCUT2D eigenvalue weighted by atomic mass is 19.1. The summed E-state index contributed by atoms with van der Waals surface area (Å²) in [5, 5.41) is 10.8. The molecule has 0 saturated carbocycles. The normalized spacial score (nSPS) is 16.7. The third kappa shape index (κ3) is 4.14. The smallest absolute Gasteiger partial charge is 0.318 e. The van der Waals surface area contributed by atoms with Crippen molar-refractivity contribution in [1.29, 1.82) is 0 Å². The predicted octanol–water partition coefficient (Wildman–Crippen LogP) is 1.54. The number of urea groups is 1. The average molecular weight is 346 g/mol. The van der Waals surface area contributed by atoms with Crippen molar-refractivity contribution in [3.05, 3.63) is 47.8 Å². The van der Waals surface area contributed by atoms with Crippen molar-refractivity contribution in [3.8, 4) is 0 Å². The third-order valence-corrected chi connectivity index (χ3v) is 4.48.